The van der Waals surface area contributed by atoms with Crippen molar-refractivity contribution in [3.8, 4) is 11.4 Å². The van der Waals surface area contributed by atoms with Crippen LogP contribution < -0.4 is 10.9 Å². The van der Waals surface area contributed by atoms with Gasteiger partial charge in [0.05, 0.1) is 0 Å². The summed E-state index contributed by atoms with van der Waals surface area (Å²) in [7, 11) is 0. The monoisotopic (exact) mass is 337 g/mol. The zero-order valence-corrected chi connectivity index (χ0v) is 13.8. The predicted octanol–water partition coefficient (Wildman–Crippen LogP) is 3.45. The summed E-state index contributed by atoms with van der Waals surface area (Å²) in [6, 6.07) is 12.4. The van der Waals surface area contributed by atoms with Crippen molar-refractivity contribution < 1.29 is 9.18 Å². The zero-order chi connectivity index (χ0) is 18.0. The second-order valence-electron chi connectivity index (χ2n) is 5.73. The highest BCUT2D eigenvalue weighted by Crippen LogP contribution is 2.19. The standard InChI is InChI=1S/C19H16FN3O2/c1-11-3-6-14(20)10-16(11)19(25)22-15-7-4-13(5-8-15)18-21-12(2)9-17(24)23-18/h3-10H,1-2H3,(H,22,25)(H,21,23,24). The first-order valence-electron chi connectivity index (χ1n) is 7.68. The summed E-state index contributed by atoms with van der Waals surface area (Å²) in [6.07, 6.45) is 0. The maximum atomic E-state index is 13.3. The van der Waals surface area contributed by atoms with Gasteiger partial charge in [-0.25, -0.2) is 9.37 Å². The van der Waals surface area contributed by atoms with Crippen LogP contribution in [0.1, 0.15) is 21.6 Å². The number of aryl methyl sites for hydroxylation is 2. The van der Waals surface area contributed by atoms with Crippen molar-refractivity contribution in [3.63, 3.8) is 0 Å². The number of hydrogen-bond donors (Lipinski definition) is 2. The molecular weight excluding hydrogens is 321 g/mol. The zero-order valence-electron chi connectivity index (χ0n) is 13.8. The van der Waals surface area contributed by atoms with Crippen LogP contribution in [-0.4, -0.2) is 15.9 Å². The van der Waals surface area contributed by atoms with Gasteiger partial charge in [0, 0.05) is 28.6 Å². The molecular formula is C19H16FN3O2. The molecule has 5 nitrogen and oxygen atoms in total. The van der Waals surface area contributed by atoms with Crippen molar-refractivity contribution in [1.82, 2.24) is 9.97 Å². The number of carbonyl (C=O) groups is 1. The lowest BCUT2D eigenvalue weighted by molar-refractivity contribution is 0.102. The van der Waals surface area contributed by atoms with Gasteiger partial charge in [-0.15, -0.1) is 0 Å². The smallest absolute Gasteiger partial charge is 0.256 e. The summed E-state index contributed by atoms with van der Waals surface area (Å²) in [5.41, 5.74) is 2.66. The van der Waals surface area contributed by atoms with E-state index in [1.165, 1.54) is 18.2 Å². The highest BCUT2D eigenvalue weighted by atomic mass is 19.1. The summed E-state index contributed by atoms with van der Waals surface area (Å²) in [6.45, 7) is 3.49. The highest BCUT2D eigenvalue weighted by Gasteiger charge is 2.11. The van der Waals surface area contributed by atoms with Gasteiger partial charge in [-0.1, -0.05) is 6.07 Å². The maximum Gasteiger partial charge on any atom is 0.256 e. The minimum Gasteiger partial charge on any atom is -0.322 e. The molecule has 1 amide bonds. The number of carbonyl (C=O) groups excluding carboxylic acids is 1. The van der Waals surface area contributed by atoms with Crippen LogP contribution >= 0.6 is 0 Å². The Balaban J connectivity index is 1.82. The number of hydrogen-bond acceptors (Lipinski definition) is 3. The Morgan fingerprint density at radius 1 is 1.08 bits per heavy atom. The number of benzene rings is 2. The van der Waals surface area contributed by atoms with Crippen LogP contribution in [0.3, 0.4) is 0 Å². The largest absolute Gasteiger partial charge is 0.322 e. The number of aromatic amines is 1. The third kappa shape index (κ3) is 3.80. The second-order valence-corrected chi connectivity index (χ2v) is 5.73. The average Bonchev–Trinajstić information content (AvgIpc) is 2.57. The first-order chi connectivity index (χ1) is 11.9. The average molecular weight is 337 g/mol. The van der Waals surface area contributed by atoms with E-state index in [1.54, 1.807) is 44.2 Å². The van der Waals surface area contributed by atoms with Crippen molar-refractivity contribution in [2.24, 2.45) is 0 Å². The van der Waals surface area contributed by atoms with Crippen molar-refractivity contribution in [2.45, 2.75) is 13.8 Å². The molecule has 6 heteroatoms. The molecule has 25 heavy (non-hydrogen) atoms. The fraction of sp³-hybridized carbons (Fsp3) is 0.105. The minimum absolute atomic E-state index is 0.221. The number of anilines is 1. The van der Waals surface area contributed by atoms with E-state index in [4.69, 9.17) is 0 Å². The lowest BCUT2D eigenvalue weighted by atomic mass is 10.1. The van der Waals surface area contributed by atoms with Gasteiger partial charge in [0.15, 0.2) is 0 Å². The first-order valence-corrected chi connectivity index (χ1v) is 7.68. The molecule has 1 aromatic heterocycles. The molecule has 0 atom stereocenters. The van der Waals surface area contributed by atoms with Gasteiger partial charge >= 0.3 is 0 Å². The Morgan fingerprint density at radius 3 is 2.48 bits per heavy atom. The highest BCUT2D eigenvalue weighted by molar-refractivity contribution is 6.05. The maximum absolute atomic E-state index is 13.3. The van der Waals surface area contributed by atoms with Gasteiger partial charge in [-0.2, -0.15) is 0 Å². The predicted molar refractivity (Wildman–Crippen MR) is 94.1 cm³/mol. The van der Waals surface area contributed by atoms with Crippen LogP contribution in [0.25, 0.3) is 11.4 Å². The van der Waals surface area contributed by atoms with E-state index < -0.39 is 5.82 Å². The van der Waals surface area contributed by atoms with Gasteiger partial charge in [0.1, 0.15) is 11.6 Å². The van der Waals surface area contributed by atoms with Crippen molar-refractivity contribution >= 4 is 11.6 Å². The van der Waals surface area contributed by atoms with Gasteiger partial charge in [0.25, 0.3) is 11.5 Å². The van der Waals surface area contributed by atoms with Crippen LogP contribution in [0.2, 0.25) is 0 Å². The first kappa shape index (κ1) is 16.6. The number of nitrogens with zero attached hydrogens (tertiary/aromatic N) is 1. The molecule has 0 fully saturated rings. The molecule has 0 unspecified atom stereocenters. The molecule has 0 spiro atoms. The lowest BCUT2D eigenvalue weighted by Crippen LogP contribution is -2.13. The van der Waals surface area contributed by atoms with Crippen LogP contribution in [0.4, 0.5) is 10.1 Å². The van der Waals surface area contributed by atoms with Gasteiger partial charge < -0.3 is 10.3 Å². The Kier molecular flexibility index (Phi) is 4.43. The van der Waals surface area contributed by atoms with E-state index in [2.05, 4.69) is 15.3 Å². The van der Waals surface area contributed by atoms with Crippen molar-refractivity contribution in [3.05, 3.63) is 81.5 Å². The molecule has 0 bridgehead atoms. The summed E-state index contributed by atoms with van der Waals surface area (Å²) in [4.78, 5) is 30.8. The van der Waals surface area contributed by atoms with E-state index in [9.17, 15) is 14.0 Å². The number of aromatic nitrogens is 2. The SMILES string of the molecule is Cc1cc(=O)[nH]c(-c2ccc(NC(=O)c3cc(F)ccc3C)cc2)n1. The van der Waals surface area contributed by atoms with Gasteiger partial charge in [-0.05, 0) is 55.8 Å². The van der Waals surface area contributed by atoms with Crippen LogP contribution in [-0.2, 0) is 0 Å². The Morgan fingerprint density at radius 2 is 1.80 bits per heavy atom. The Hall–Kier alpha value is -3.28. The Labute approximate surface area is 143 Å². The third-order valence-electron chi connectivity index (χ3n) is 3.73. The quantitative estimate of drug-likeness (QED) is 0.769. The molecule has 126 valence electrons. The summed E-state index contributed by atoms with van der Waals surface area (Å²) in [5.74, 6) is -0.378. The summed E-state index contributed by atoms with van der Waals surface area (Å²) < 4.78 is 13.3. The molecule has 2 N–H and O–H groups in total. The molecule has 0 saturated heterocycles. The van der Waals surface area contributed by atoms with Crippen LogP contribution in [0.15, 0.2) is 53.3 Å². The second kappa shape index (κ2) is 6.68. The molecule has 0 radical (unpaired) electrons. The molecule has 3 rings (SSSR count). The number of H-pyrrole nitrogens is 1. The van der Waals surface area contributed by atoms with Crippen molar-refractivity contribution in [2.75, 3.05) is 5.32 Å². The van der Waals surface area contributed by atoms with Gasteiger partial charge in [-0.3, -0.25) is 9.59 Å². The van der Waals surface area contributed by atoms with Crippen LogP contribution in [0, 0.1) is 19.7 Å². The molecule has 0 aliphatic heterocycles. The summed E-state index contributed by atoms with van der Waals surface area (Å²) >= 11 is 0. The molecule has 0 saturated carbocycles. The fourth-order valence-electron chi connectivity index (χ4n) is 2.46. The molecule has 0 aliphatic rings. The molecule has 0 aliphatic carbocycles. The topological polar surface area (TPSA) is 74.8 Å². The van der Waals surface area contributed by atoms with E-state index >= 15 is 0 Å². The number of halogens is 1. The lowest BCUT2D eigenvalue weighted by Gasteiger charge is -2.09. The number of nitrogens with one attached hydrogen (secondary N) is 2. The molecule has 2 aromatic carbocycles. The Bertz CT molecular complexity index is 994. The van der Waals surface area contributed by atoms with E-state index in [-0.39, 0.29) is 17.0 Å². The minimum atomic E-state index is -0.458. The molecule has 3 aromatic rings. The third-order valence-corrected chi connectivity index (χ3v) is 3.73. The molecule has 1 heterocycles. The fourth-order valence-corrected chi connectivity index (χ4v) is 2.46. The van der Waals surface area contributed by atoms with Crippen LogP contribution in [0.5, 0.6) is 0 Å². The van der Waals surface area contributed by atoms with Gasteiger partial charge in [0.2, 0.25) is 0 Å². The van der Waals surface area contributed by atoms with E-state index in [1.807, 2.05) is 0 Å². The summed E-state index contributed by atoms with van der Waals surface area (Å²) in [5, 5.41) is 2.73. The van der Waals surface area contributed by atoms with E-state index in [0.717, 1.165) is 5.56 Å². The number of amides is 1. The number of rotatable bonds is 3. The normalized spacial score (nSPS) is 10.5. The van der Waals surface area contributed by atoms with Crippen molar-refractivity contribution in [1.29, 1.82) is 0 Å². The van der Waals surface area contributed by atoms with E-state index in [0.29, 0.717) is 22.8 Å².